The fourth-order valence-corrected chi connectivity index (χ4v) is 3.92. The molecule has 0 spiro atoms. The SMILES string of the molecule is [2H][C@]12C[C@@H](C(=C)c3ncc(-c4ccc(-n5ccnc5)cc4O)nn3)[C@H](F)[C@]([2H])(C[C@H]1F)N2. The van der Waals surface area contributed by atoms with Crippen LogP contribution in [0.25, 0.3) is 22.5 Å². The van der Waals surface area contributed by atoms with Gasteiger partial charge in [0.15, 0.2) is 5.82 Å². The third-order valence-electron chi connectivity index (χ3n) is 5.58. The van der Waals surface area contributed by atoms with E-state index in [4.69, 9.17) is 2.74 Å². The molecule has 0 amide bonds. The number of aromatic hydroxyl groups is 1. The molecule has 0 radical (unpaired) electrons. The van der Waals surface area contributed by atoms with Crippen molar-refractivity contribution in [2.24, 2.45) is 5.92 Å². The normalized spacial score (nSPS) is 33.7. The summed E-state index contributed by atoms with van der Waals surface area (Å²) >= 11 is 0. The van der Waals surface area contributed by atoms with Gasteiger partial charge in [0.25, 0.3) is 0 Å². The third kappa shape index (κ3) is 3.15. The van der Waals surface area contributed by atoms with E-state index in [1.165, 1.54) is 6.20 Å². The van der Waals surface area contributed by atoms with E-state index < -0.39 is 36.7 Å². The molecule has 1 aromatic carbocycles. The molecule has 2 saturated heterocycles. The maximum Gasteiger partial charge on any atom is 0.177 e. The van der Waals surface area contributed by atoms with Gasteiger partial charge in [-0.1, -0.05) is 6.58 Å². The van der Waals surface area contributed by atoms with E-state index in [1.807, 2.05) is 0 Å². The summed E-state index contributed by atoms with van der Waals surface area (Å²) in [4.78, 5) is 8.18. The van der Waals surface area contributed by atoms with Crippen molar-refractivity contribution < 1.29 is 16.6 Å². The Bertz CT molecular complexity index is 1180. The molecular formula is C21H20F2N6O. The fourth-order valence-electron chi connectivity index (χ4n) is 3.92. The number of alkyl halides is 2. The molecular weight excluding hydrogens is 390 g/mol. The molecule has 2 bridgehead atoms. The Morgan fingerprint density at radius 3 is 2.83 bits per heavy atom. The zero-order valence-electron chi connectivity index (χ0n) is 17.8. The number of rotatable bonds is 4. The number of phenols is 1. The maximum atomic E-state index is 15.1. The number of nitrogens with zero attached hydrogens (tertiary/aromatic N) is 5. The van der Waals surface area contributed by atoms with Crippen molar-refractivity contribution in [3.8, 4) is 22.7 Å². The Kier molecular flexibility index (Phi) is 4.00. The number of piperidine rings is 1. The largest absolute Gasteiger partial charge is 0.507 e. The summed E-state index contributed by atoms with van der Waals surface area (Å²) in [5.41, 5.74) is 1.59. The first-order valence-electron chi connectivity index (χ1n) is 10.5. The van der Waals surface area contributed by atoms with Gasteiger partial charge in [0.1, 0.15) is 23.8 Å². The highest BCUT2D eigenvalue weighted by Crippen LogP contribution is 2.40. The van der Waals surface area contributed by atoms with Crippen LogP contribution in [-0.4, -0.2) is 54.2 Å². The van der Waals surface area contributed by atoms with Gasteiger partial charge in [0, 0.05) is 44.7 Å². The van der Waals surface area contributed by atoms with Crippen LogP contribution in [0, 0.1) is 5.92 Å². The number of hydrogen-bond donors (Lipinski definition) is 2. The lowest BCUT2D eigenvalue weighted by atomic mass is 9.84. The molecule has 2 aliphatic rings. The Labute approximate surface area is 174 Å². The summed E-state index contributed by atoms with van der Waals surface area (Å²) < 4.78 is 47.6. The quantitative estimate of drug-likeness (QED) is 0.685. The second kappa shape index (κ2) is 7.24. The van der Waals surface area contributed by atoms with Crippen molar-refractivity contribution in [1.29, 1.82) is 0 Å². The lowest BCUT2D eigenvalue weighted by Crippen LogP contribution is -2.48. The number of imidazole rings is 1. The molecule has 3 aromatic rings. The lowest BCUT2D eigenvalue weighted by Gasteiger charge is -2.33. The minimum Gasteiger partial charge on any atom is -0.507 e. The van der Waals surface area contributed by atoms with E-state index in [2.05, 4.69) is 32.1 Å². The first-order chi connectivity index (χ1) is 15.2. The molecule has 4 heterocycles. The lowest BCUT2D eigenvalue weighted by molar-refractivity contribution is 0.163. The van der Waals surface area contributed by atoms with Crippen molar-refractivity contribution in [3.05, 3.63) is 55.5 Å². The van der Waals surface area contributed by atoms with Crippen molar-refractivity contribution >= 4 is 5.57 Å². The third-order valence-corrected chi connectivity index (χ3v) is 5.58. The summed E-state index contributed by atoms with van der Waals surface area (Å²) in [6, 6.07) is 1.37. The van der Waals surface area contributed by atoms with E-state index in [-0.39, 0.29) is 23.6 Å². The molecule has 7 nitrogen and oxygen atoms in total. The van der Waals surface area contributed by atoms with E-state index in [1.54, 1.807) is 41.5 Å². The van der Waals surface area contributed by atoms with Gasteiger partial charge in [0.2, 0.25) is 0 Å². The highest BCUT2D eigenvalue weighted by molar-refractivity contribution is 5.68. The first kappa shape index (κ1) is 16.6. The monoisotopic (exact) mass is 412 g/mol. The van der Waals surface area contributed by atoms with Crippen LogP contribution in [0.1, 0.15) is 21.4 Å². The predicted octanol–water partition coefficient (Wildman–Crippen LogP) is 2.87. The van der Waals surface area contributed by atoms with Crippen molar-refractivity contribution in [2.45, 2.75) is 37.2 Å². The van der Waals surface area contributed by atoms with Crippen LogP contribution in [0.3, 0.4) is 0 Å². The van der Waals surface area contributed by atoms with Crippen LogP contribution in [0.15, 0.2) is 49.7 Å². The minimum absolute atomic E-state index is 0.0288. The summed E-state index contributed by atoms with van der Waals surface area (Å²) in [5, 5.41) is 21.0. The van der Waals surface area contributed by atoms with Crippen molar-refractivity contribution in [2.75, 3.05) is 0 Å². The Hall–Kier alpha value is -3.20. The van der Waals surface area contributed by atoms with Crippen LogP contribution in [0.5, 0.6) is 5.75 Å². The topological polar surface area (TPSA) is 88.8 Å². The number of fused-ring (bicyclic) bond motifs is 2. The molecule has 2 aliphatic heterocycles. The van der Waals surface area contributed by atoms with Crippen LogP contribution in [0.2, 0.25) is 0 Å². The van der Waals surface area contributed by atoms with E-state index in [0.717, 1.165) is 0 Å². The van der Waals surface area contributed by atoms with Crippen LogP contribution >= 0.6 is 0 Å². The molecule has 2 N–H and O–H groups in total. The fraction of sp³-hybridized carbons (Fsp3) is 0.333. The van der Waals surface area contributed by atoms with Gasteiger partial charge in [-0.2, -0.15) is 0 Å². The van der Waals surface area contributed by atoms with Crippen LogP contribution < -0.4 is 5.32 Å². The number of phenolic OH excluding ortho intramolecular Hbond substituents is 1. The number of benzene rings is 1. The van der Waals surface area contributed by atoms with Gasteiger partial charge in [-0.15, -0.1) is 10.2 Å². The van der Waals surface area contributed by atoms with E-state index >= 15 is 4.39 Å². The van der Waals surface area contributed by atoms with E-state index in [9.17, 15) is 9.50 Å². The van der Waals surface area contributed by atoms with Crippen molar-refractivity contribution in [3.63, 3.8) is 0 Å². The van der Waals surface area contributed by atoms with Gasteiger partial charge in [-0.05, 0) is 30.5 Å². The average molecular weight is 412 g/mol. The molecule has 0 unspecified atom stereocenters. The van der Waals surface area contributed by atoms with E-state index in [0.29, 0.717) is 16.9 Å². The smallest absolute Gasteiger partial charge is 0.177 e. The summed E-state index contributed by atoms with van der Waals surface area (Å²) in [6.07, 6.45) is 2.36. The molecule has 0 aliphatic carbocycles. The standard InChI is InChI=1S/C21H20F2N6O/c1-11(14-7-16-15(22)8-17(26-16)20(14)23)21-25-9-18(27-28-21)13-3-2-12(6-19(13)30)29-5-4-24-10-29/h2-6,9-10,14-17,20,26,30H,1,7-8H2/t14-,15+,16-,17-,20-/m0/s1/i16D,17D. The Balaban J connectivity index is 1.39. The number of hydrogen-bond acceptors (Lipinski definition) is 6. The zero-order chi connectivity index (χ0) is 22.7. The van der Waals surface area contributed by atoms with Crippen LogP contribution in [-0.2, 0) is 0 Å². The molecule has 0 saturated carbocycles. The summed E-state index contributed by atoms with van der Waals surface area (Å²) in [5.74, 6) is -0.957. The predicted molar refractivity (Wildman–Crippen MR) is 106 cm³/mol. The highest BCUT2D eigenvalue weighted by Gasteiger charge is 2.48. The number of nitrogens with one attached hydrogen (secondary N) is 1. The average Bonchev–Trinajstić information content (AvgIpc) is 3.37. The molecule has 9 heteroatoms. The van der Waals surface area contributed by atoms with Gasteiger partial charge in [-0.3, -0.25) is 0 Å². The van der Waals surface area contributed by atoms with Gasteiger partial charge >= 0.3 is 0 Å². The second-order valence-corrected chi connectivity index (χ2v) is 7.42. The number of halogens is 2. The minimum atomic E-state index is -1.89. The summed E-state index contributed by atoms with van der Waals surface area (Å²) in [7, 11) is 0. The first-order valence-corrected chi connectivity index (χ1v) is 9.48. The van der Waals surface area contributed by atoms with Gasteiger partial charge < -0.3 is 15.0 Å². The molecule has 5 atom stereocenters. The molecule has 30 heavy (non-hydrogen) atoms. The van der Waals surface area contributed by atoms with Gasteiger partial charge in [0.05, 0.1) is 18.2 Å². The second-order valence-electron chi connectivity index (χ2n) is 7.42. The molecule has 2 aromatic heterocycles. The Morgan fingerprint density at radius 1 is 1.27 bits per heavy atom. The van der Waals surface area contributed by atoms with Crippen LogP contribution in [0.4, 0.5) is 8.78 Å². The highest BCUT2D eigenvalue weighted by atomic mass is 19.1. The molecule has 154 valence electrons. The van der Waals surface area contributed by atoms with Gasteiger partial charge in [-0.25, -0.2) is 18.7 Å². The maximum absolute atomic E-state index is 15.1. The molecule has 2 fully saturated rings. The summed E-state index contributed by atoms with van der Waals surface area (Å²) in [6.45, 7) is 3.86. The zero-order valence-corrected chi connectivity index (χ0v) is 15.8. The molecule has 5 rings (SSSR count). The number of aromatic nitrogens is 5. The van der Waals surface area contributed by atoms with Crippen molar-refractivity contribution in [1.82, 2.24) is 30.0 Å². The Morgan fingerprint density at radius 2 is 2.13 bits per heavy atom. The number of allylic oxidation sites excluding steroid dienone is 1.